The van der Waals surface area contributed by atoms with E-state index in [-0.39, 0.29) is 60.7 Å². The van der Waals surface area contributed by atoms with E-state index in [9.17, 15) is 14.0 Å². The molecule has 234 valence electrons. The number of carbonyl (C=O) groups is 1. The Labute approximate surface area is 260 Å². The highest BCUT2D eigenvalue weighted by Gasteiger charge is 2.47. The fraction of sp³-hybridized carbons (Fsp3) is 0.581. The first-order valence-electron chi connectivity index (χ1n) is 14.4. The van der Waals surface area contributed by atoms with Crippen molar-refractivity contribution in [3.05, 3.63) is 64.1 Å². The first-order chi connectivity index (χ1) is 19.2. The molecule has 2 atom stereocenters. The Kier molecular flexibility index (Phi) is 14.0. The summed E-state index contributed by atoms with van der Waals surface area (Å²) < 4.78 is 27.1. The van der Waals surface area contributed by atoms with Gasteiger partial charge in [0.25, 0.3) is 0 Å². The SMILES string of the molecule is COCC(=O)O[C@]1(CCN(C)CCCCCCn2c(=O)[nH]c3ccncc32)CCc2cc(F)ccc2[C@@H]1C(C)C.Cl.Cl. The highest BCUT2D eigenvalue weighted by Crippen LogP contribution is 2.48. The fourth-order valence-corrected chi connectivity index (χ4v) is 6.38. The van der Waals surface area contributed by atoms with Crippen LogP contribution in [0.1, 0.15) is 69.4 Å². The van der Waals surface area contributed by atoms with Crippen molar-refractivity contribution in [1.82, 2.24) is 19.4 Å². The van der Waals surface area contributed by atoms with Gasteiger partial charge in [-0.3, -0.25) is 9.55 Å². The van der Waals surface area contributed by atoms with E-state index < -0.39 is 5.60 Å². The number of hydrogen-bond donors (Lipinski definition) is 1. The van der Waals surface area contributed by atoms with Gasteiger partial charge < -0.3 is 19.4 Å². The van der Waals surface area contributed by atoms with Crippen molar-refractivity contribution >= 4 is 41.8 Å². The molecule has 1 aliphatic carbocycles. The molecule has 1 N–H and O–H groups in total. The molecule has 0 saturated heterocycles. The van der Waals surface area contributed by atoms with Gasteiger partial charge in [-0.1, -0.05) is 32.8 Å². The van der Waals surface area contributed by atoms with E-state index in [1.54, 1.807) is 23.0 Å². The number of rotatable bonds is 14. The lowest BCUT2D eigenvalue weighted by atomic mass is 9.65. The molecule has 0 fully saturated rings. The van der Waals surface area contributed by atoms with Crippen LogP contribution in [0.15, 0.2) is 41.5 Å². The van der Waals surface area contributed by atoms with E-state index in [1.165, 1.54) is 13.2 Å². The van der Waals surface area contributed by atoms with Crippen molar-refractivity contribution in [3.8, 4) is 0 Å². The van der Waals surface area contributed by atoms with Crippen LogP contribution in [0.2, 0.25) is 0 Å². The summed E-state index contributed by atoms with van der Waals surface area (Å²) in [5.74, 6) is -0.387. The topological polar surface area (TPSA) is 89.5 Å². The highest BCUT2D eigenvalue weighted by atomic mass is 35.5. The predicted octanol–water partition coefficient (Wildman–Crippen LogP) is 5.90. The van der Waals surface area contributed by atoms with Crippen molar-refractivity contribution < 1.29 is 18.7 Å². The van der Waals surface area contributed by atoms with Crippen molar-refractivity contribution in [2.45, 2.75) is 76.9 Å². The van der Waals surface area contributed by atoms with Gasteiger partial charge in [0.15, 0.2) is 0 Å². The number of aromatic amines is 1. The van der Waals surface area contributed by atoms with Gasteiger partial charge in [0, 0.05) is 38.7 Å². The van der Waals surface area contributed by atoms with Gasteiger partial charge in [0.05, 0.1) is 17.2 Å². The second kappa shape index (κ2) is 16.4. The Morgan fingerprint density at radius 2 is 1.95 bits per heavy atom. The predicted molar refractivity (Wildman–Crippen MR) is 168 cm³/mol. The number of H-pyrrole nitrogens is 1. The molecular weight excluding hydrogens is 582 g/mol. The van der Waals surface area contributed by atoms with Crippen LogP contribution in [0.4, 0.5) is 4.39 Å². The lowest BCUT2D eigenvalue weighted by Gasteiger charge is -2.47. The van der Waals surface area contributed by atoms with Crippen LogP contribution in [-0.2, 0) is 27.2 Å². The molecule has 11 heteroatoms. The maximum atomic E-state index is 14.0. The first kappa shape index (κ1) is 35.7. The number of hydrogen-bond acceptors (Lipinski definition) is 6. The lowest BCUT2D eigenvalue weighted by Crippen LogP contribution is -2.49. The molecule has 8 nitrogen and oxygen atoms in total. The van der Waals surface area contributed by atoms with Crippen molar-refractivity contribution in [2.75, 3.05) is 33.9 Å². The number of aryl methyl sites for hydroxylation is 2. The Balaban J connectivity index is 0.00000308. The summed E-state index contributed by atoms with van der Waals surface area (Å²) in [5.41, 5.74) is 3.02. The number of imidazole rings is 1. The van der Waals surface area contributed by atoms with Crippen LogP contribution < -0.4 is 5.69 Å². The third-order valence-corrected chi connectivity index (χ3v) is 8.24. The molecule has 0 amide bonds. The molecule has 0 bridgehead atoms. The number of pyridine rings is 1. The molecule has 0 unspecified atom stereocenters. The maximum Gasteiger partial charge on any atom is 0.332 e. The lowest BCUT2D eigenvalue weighted by molar-refractivity contribution is -0.172. The average molecular weight is 628 g/mol. The molecule has 0 aliphatic heterocycles. The van der Waals surface area contributed by atoms with E-state index in [0.717, 1.165) is 60.9 Å². The van der Waals surface area contributed by atoms with E-state index in [4.69, 9.17) is 9.47 Å². The number of unbranched alkanes of at least 4 members (excludes halogenated alkanes) is 3. The number of benzene rings is 1. The van der Waals surface area contributed by atoms with Crippen LogP contribution in [-0.4, -0.2) is 64.9 Å². The number of methoxy groups -OCH3 is 1. The van der Waals surface area contributed by atoms with Gasteiger partial charge >= 0.3 is 11.7 Å². The molecular formula is C31H45Cl2FN4O4. The zero-order valence-corrected chi connectivity index (χ0v) is 26.7. The van der Waals surface area contributed by atoms with Gasteiger partial charge in [-0.2, -0.15) is 0 Å². The molecule has 0 spiro atoms. The number of nitrogens with zero attached hydrogens (tertiary/aromatic N) is 3. The first-order valence-corrected chi connectivity index (χ1v) is 14.4. The molecule has 1 aliphatic rings. The summed E-state index contributed by atoms with van der Waals surface area (Å²) in [6.45, 7) is 6.61. The van der Waals surface area contributed by atoms with Crippen LogP contribution >= 0.6 is 24.8 Å². The van der Waals surface area contributed by atoms with Crippen LogP contribution in [0, 0.1) is 11.7 Å². The fourth-order valence-electron chi connectivity index (χ4n) is 6.38. The van der Waals surface area contributed by atoms with E-state index in [1.807, 2.05) is 12.1 Å². The largest absolute Gasteiger partial charge is 0.457 e. The monoisotopic (exact) mass is 626 g/mol. The Morgan fingerprint density at radius 1 is 1.19 bits per heavy atom. The molecule has 3 aromatic rings. The molecule has 4 rings (SSSR count). The zero-order valence-electron chi connectivity index (χ0n) is 25.1. The smallest absolute Gasteiger partial charge is 0.332 e. The van der Waals surface area contributed by atoms with Crippen molar-refractivity contribution in [1.29, 1.82) is 0 Å². The van der Waals surface area contributed by atoms with Crippen molar-refractivity contribution in [2.24, 2.45) is 5.92 Å². The van der Waals surface area contributed by atoms with Gasteiger partial charge in [-0.05, 0) is 74.5 Å². The minimum atomic E-state index is -0.662. The molecule has 42 heavy (non-hydrogen) atoms. The van der Waals surface area contributed by atoms with Crippen molar-refractivity contribution in [3.63, 3.8) is 0 Å². The Hall–Kier alpha value is -2.46. The normalized spacial score (nSPS) is 18.0. The minimum Gasteiger partial charge on any atom is -0.457 e. The second-order valence-electron chi connectivity index (χ2n) is 11.5. The average Bonchev–Trinajstić information content (AvgIpc) is 3.24. The summed E-state index contributed by atoms with van der Waals surface area (Å²) in [5, 5.41) is 0. The Morgan fingerprint density at radius 3 is 2.69 bits per heavy atom. The molecule has 2 aromatic heterocycles. The highest BCUT2D eigenvalue weighted by molar-refractivity contribution is 5.85. The third kappa shape index (κ3) is 8.56. The standard InChI is InChI=1S/C31H43FN4O4.2ClH/c1-22(2)29-25-10-9-24(32)19-23(25)11-13-31(29,40-28(37)21-39-4)14-18-35(3)16-7-5-6-8-17-36-27-20-33-15-12-26(27)34-30(36)38;;/h9-10,12,15,19-20,22,29H,5-8,11,13-14,16-18,21H2,1-4H3,(H,34,38);2*1H/t29-,31-;;/m0../s1. The van der Waals surface area contributed by atoms with E-state index >= 15 is 0 Å². The number of fused-ring (bicyclic) bond motifs is 2. The number of carbonyl (C=O) groups excluding carboxylic acids is 1. The number of aromatic nitrogens is 3. The van der Waals surface area contributed by atoms with E-state index in [2.05, 4.69) is 35.8 Å². The quantitative estimate of drug-likeness (QED) is 0.177. The molecule has 0 radical (unpaired) electrons. The molecule has 2 heterocycles. The number of nitrogens with one attached hydrogen (secondary N) is 1. The molecule has 1 aromatic carbocycles. The second-order valence-corrected chi connectivity index (χ2v) is 11.5. The zero-order chi connectivity index (χ0) is 28.7. The molecule has 0 saturated carbocycles. The summed E-state index contributed by atoms with van der Waals surface area (Å²) in [7, 11) is 3.61. The number of esters is 1. The third-order valence-electron chi connectivity index (χ3n) is 8.24. The van der Waals surface area contributed by atoms with Gasteiger partial charge in [0.2, 0.25) is 0 Å². The minimum absolute atomic E-state index is 0. The summed E-state index contributed by atoms with van der Waals surface area (Å²) in [6.07, 6.45) is 9.55. The summed E-state index contributed by atoms with van der Waals surface area (Å²) in [4.78, 5) is 34.3. The maximum absolute atomic E-state index is 14.0. The van der Waals surface area contributed by atoms with Gasteiger partial charge in [-0.15, -0.1) is 24.8 Å². The van der Waals surface area contributed by atoms with Gasteiger partial charge in [-0.25, -0.2) is 14.0 Å². The van der Waals surface area contributed by atoms with Crippen LogP contribution in [0.25, 0.3) is 11.0 Å². The van der Waals surface area contributed by atoms with Crippen LogP contribution in [0.5, 0.6) is 0 Å². The van der Waals surface area contributed by atoms with Gasteiger partial charge in [0.1, 0.15) is 18.0 Å². The van der Waals surface area contributed by atoms with Crippen LogP contribution in [0.3, 0.4) is 0 Å². The Bertz CT molecular complexity index is 1350. The van der Waals surface area contributed by atoms with E-state index in [0.29, 0.717) is 25.8 Å². The number of halogens is 3. The summed E-state index contributed by atoms with van der Waals surface area (Å²) in [6, 6.07) is 6.84. The summed E-state index contributed by atoms with van der Waals surface area (Å²) >= 11 is 0. The number of ether oxygens (including phenoxy) is 2.